The molecule has 4 heteroatoms. The zero-order valence-electron chi connectivity index (χ0n) is 20.0. The smallest absolute Gasteiger partial charge is 0.335 e. The van der Waals surface area contributed by atoms with Crippen LogP contribution in [0.5, 0.6) is 0 Å². The standard InChI is InChI=1S/C26H42N2O2/c1-7-11-13-20(9-3)17-23(26(10-4,19-27)16-12-8-2)22-18-21(25(29)30)14-15-24(22)28(5)6/h14-15,18,20,23H,7-13,16-17H2,1-6H3,(H,29,30). The summed E-state index contributed by atoms with van der Waals surface area (Å²) in [5, 5.41) is 20.1. The number of carbonyl (C=O) groups is 1. The van der Waals surface area contributed by atoms with Crippen molar-refractivity contribution in [2.24, 2.45) is 11.3 Å². The van der Waals surface area contributed by atoms with Gasteiger partial charge in [-0.2, -0.15) is 5.26 Å². The second-order valence-corrected chi connectivity index (χ2v) is 8.90. The van der Waals surface area contributed by atoms with Crippen LogP contribution in [0.1, 0.15) is 107 Å². The second kappa shape index (κ2) is 12.6. The number of nitrogens with zero attached hydrogens (tertiary/aromatic N) is 2. The van der Waals surface area contributed by atoms with Gasteiger partial charge in [0.05, 0.1) is 17.0 Å². The summed E-state index contributed by atoms with van der Waals surface area (Å²) in [6.45, 7) is 8.75. The van der Waals surface area contributed by atoms with Gasteiger partial charge in [-0.1, -0.05) is 66.2 Å². The fourth-order valence-electron chi connectivity index (χ4n) is 4.64. The number of nitriles is 1. The van der Waals surface area contributed by atoms with Crippen LogP contribution in [0.4, 0.5) is 5.69 Å². The van der Waals surface area contributed by atoms with Gasteiger partial charge >= 0.3 is 5.97 Å². The molecule has 0 bridgehead atoms. The Morgan fingerprint density at radius 3 is 2.30 bits per heavy atom. The van der Waals surface area contributed by atoms with E-state index in [0.717, 1.165) is 49.8 Å². The van der Waals surface area contributed by atoms with E-state index < -0.39 is 11.4 Å². The van der Waals surface area contributed by atoms with Gasteiger partial charge in [-0.3, -0.25) is 0 Å². The molecule has 30 heavy (non-hydrogen) atoms. The number of anilines is 1. The number of unbranched alkanes of at least 4 members (excludes halogenated alkanes) is 2. The fourth-order valence-corrected chi connectivity index (χ4v) is 4.64. The summed E-state index contributed by atoms with van der Waals surface area (Å²) in [6, 6.07) is 8.16. The largest absolute Gasteiger partial charge is 0.478 e. The quantitative estimate of drug-likeness (QED) is 0.348. The first kappa shape index (κ1) is 26.0. The van der Waals surface area contributed by atoms with Crippen LogP contribution in [0.3, 0.4) is 0 Å². The van der Waals surface area contributed by atoms with Gasteiger partial charge in [0.25, 0.3) is 0 Å². The Kier molecular flexibility index (Phi) is 10.9. The summed E-state index contributed by atoms with van der Waals surface area (Å²) in [4.78, 5) is 13.8. The lowest BCUT2D eigenvalue weighted by Gasteiger charge is -2.39. The van der Waals surface area contributed by atoms with E-state index >= 15 is 0 Å². The highest BCUT2D eigenvalue weighted by atomic mass is 16.4. The topological polar surface area (TPSA) is 64.3 Å². The van der Waals surface area contributed by atoms with Crippen LogP contribution >= 0.6 is 0 Å². The molecular weight excluding hydrogens is 372 g/mol. The van der Waals surface area contributed by atoms with E-state index in [-0.39, 0.29) is 5.92 Å². The highest BCUT2D eigenvalue weighted by Gasteiger charge is 2.40. The lowest BCUT2D eigenvalue weighted by atomic mass is 9.64. The van der Waals surface area contributed by atoms with Crippen molar-refractivity contribution in [2.45, 2.75) is 91.4 Å². The Bertz CT molecular complexity index is 707. The second-order valence-electron chi connectivity index (χ2n) is 8.90. The van der Waals surface area contributed by atoms with Crippen molar-refractivity contribution >= 4 is 11.7 Å². The Morgan fingerprint density at radius 1 is 1.17 bits per heavy atom. The predicted molar refractivity (Wildman–Crippen MR) is 126 cm³/mol. The molecule has 1 aromatic carbocycles. The lowest BCUT2D eigenvalue weighted by molar-refractivity contribution is 0.0696. The van der Waals surface area contributed by atoms with Crippen LogP contribution in [-0.4, -0.2) is 25.2 Å². The van der Waals surface area contributed by atoms with E-state index in [1.54, 1.807) is 6.07 Å². The number of hydrogen-bond acceptors (Lipinski definition) is 3. The van der Waals surface area contributed by atoms with Crippen molar-refractivity contribution in [3.63, 3.8) is 0 Å². The number of aromatic carboxylic acids is 1. The maximum atomic E-state index is 11.8. The van der Waals surface area contributed by atoms with E-state index in [4.69, 9.17) is 0 Å². The van der Waals surface area contributed by atoms with Crippen molar-refractivity contribution in [2.75, 3.05) is 19.0 Å². The van der Waals surface area contributed by atoms with Gasteiger partial charge in [-0.05, 0) is 48.9 Å². The average Bonchev–Trinajstić information content (AvgIpc) is 2.75. The zero-order valence-corrected chi connectivity index (χ0v) is 20.0. The van der Waals surface area contributed by atoms with Gasteiger partial charge in [-0.25, -0.2) is 4.79 Å². The first-order chi connectivity index (χ1) is 14.3. The van der Waals surface area contributed by atoms with Crippen LogP contribution in [0.25, 0.3) is 0 Å². The van der Waals surface area contributed by atoms with Crippen LogP contribution in [0, 0.1) is 22.7 Å². The van der Waals surface area contributed by atoms with E-state index in [9.17, 15) is 15.2 Å². The molecule has 3 atom stereocenters. The van der Waals surface area contributed by atoms with E-state index in [0.29, 0.717) is 11.5 Å². The molecule has 0 radical (unpaired) electrons. The average molecular weight is 415 g/mol. The minimum atomic E-state index is -0.911. The van der Waals surface area contributed by atoms with E-state index in [1.165, 1.54) is 19.3 Å². The molecule has 0 amide bonds. The van der Waals surface area contributed by atoms with Gasteiger partial charge in [0.15, 0.2) is 0 Å². The van der Waals surface area contributed by atoms with Gasteiger partial charge in [0.2, 0.25) is 0 Å². The molecule has 0 saturated heterocycles. The molecule has 0 heterocycles. The van der Waals surface area contributed by atoms with Gasteiger partial charge in [0.1, 0.15) is 0 Å². The maximum absolute atomic E-state index is 11.8. The van der Waals surface area contributed by atoms with Crippen molar-refractivity contribution in [3.8, 4) is 6.07 Å². The molecule has 0 aliphatic rings. The Hall–Kier alpha value is -2.02. The zero-order chi connectivity index (χ0) is 22.7. The maximum Gasteiger partial charge on any atom is 0.335 e. The number of rotatable bonds is 14. The summed E-state index contributed by atoms with van der Waals surface area (Å²) in [5.74, 6) is -0.345. The van der Waals surface area contributed by atoms with Gasteiger partial charge in [0, 0.05) is 25.7 Å². The molecule has 0 aliphatic heterocycles. The van der Waals surface area contributed by atoms with Crippen LogP contribution in [0.2, 0.25) is 0 Å². The summed E-state index contributed by atoms with van der Waals surface area (Å²) in [5.41, 5.74) is 1.88. The van der Waals surface area contributed by atoms with E-state index in [1.807, 2.05) is 26.2 Å². The normalized spacial score (nSPS) is 15.1. The third kappa shape index (κ3) is 6.49. The Morgan fingerprint density at radius 2 is 1.83 bits per heavy atom. The predicted octanol–water partition coefficient (Wildman–Crippen LogP) is 7.25. The van der Waals surface area contributed by atoms with Crippen molar-refractivity contribution in [1.29, 1.82) is 5.26 Å². The number of carboxylic acids is 1. The highest BCUT2D eigenvalue weighted by molar-refractivity contribution is 5.88. The first-order valence-electron chi connectivity index (χ1n) is 11.8. The van der Waals surface area contributed by atoms with Crippen LogP contribution in [0.15, 0.2) is 18.2 Å². The highest BCUT2D eigenvalue weighted by Crippen LogP contribution is 2.49. The van der Waals surface area contributed by atoms with E-state index in [2.05, 4.69) is 38.7 Å². The Labute approximate surface area is 184 Å². The van der Waals surface area contributed by atoms with Crippen molar-refractivity contribution < 1.29 is 9.90 Å². The molecule has 1 rings (SSSR count). The summed E-state index contributed by atoms with van der Waals surface area (Å²) >= 11 is 0. The van der Waals surface area contributed by atoms with Crippen LogP contribution in [-0.2, 0) is 0 Å². The summed E-state index contributed by atoms with van der Waals surface area (Å²) in [6.07, 6.45) is 9.26. The van der Waals surface area contributed by atoms with Gasteiger partial charge < -0.3 is 10.0 Å². The molecule has 0 spiro atoms. The van der Waals surface area contributed by atoms with Crippen molar-refractivity contribution in [1.82, 2.24) is 0 Å². The number of carboxylic acid groups (broad SMARTS) is 1. The van der Waals surface area contributed by atoms with Crippen LogP contribution < -0.4 is 4.90 Å². The molecule has 1 aromatic rings. The Balaban J connectivity index is 3.64. The molecule has 3 unspecified atom stereocenters. The molecule has 1 N–H and O–H groups in total. The number of benzene rings is 1. The summed E-state index contributed by atoms with van der Waals surface area (Å²) in [7, 11) is 3.99. The molecule has 0 aromatic heterocycles. The molecule has 168 valence electrons. The summed E-state index contributed by atoms with van der Waals surface area (Å²) < 4.78 is 0. The first-order valence-corrected chi connectivity index (χ1v) is 11.8. The molecular formula is C26H42N2O2. The number of hydrogen-bond donors (Lipinski definition) is 1. The SMILES string of the molecule is CCCCC(CC)CC(c1cc(C(=O)O)ccc1N(C)C)C(C#N)(CC)CCCC. The van der Waals surface area contributed by atoms with Crippen molar-refractivity contribution in [3.05, 3.63) is 29.3 Å². The molecule has 0 saturated carbocycles. The fraction of sp³-hybridized carbons (Fsp3) is 0.692. The molecule has 0 aliphatic carbocycles. The minimum Gasteiger partial charge on any atom is -0.478 e. The third-order valence-corrected chi connectivity index (χ3v) is 6.74. The molecule has 4 nitrogen and oxygen atoms in total. The lowest BCUT2D eigenvalue weighted by Crippen LogP contribution is -2.30. The monoisotopic (exact) mass is 414 g/mol. The molecule has 0 fully saturated rings. The third-order valence-electron chi connectivity index (χ3n) is 6.74. The van der Waals surface area contributed by atoms with Gasteiger partial charge in [-0.15, -0.1) is 0 Å². The minimum absolute atomic E-state index is 0.0255.